The van der Waals surface area contributed by atoms with E-state index in [1.807, 2.05) is 36.5 Å². The molecule has 0 fully saturated rings. The predicted molar refractivity (Wildman–Crippen MR) is 79.5 cm³/mol. The lowest BCUT2D eigenvalue weighted by Crippen LogP contribution is -1.89. The first-order valence-electron chi connectivity index (χ1n) is 5.66. The van der Waals surface area contributed by atoms with E-state index in [4.69, 9.17) is 17.3 Å². The Labute approximate surface area is 119 Å². The van der Waals surface area contributed by atoms with Crippen molar-refractivity contribution in [2.45, 2.75) is 9.92 Å². The molecule has 3 aromatic rings. The molecule has 0 aliphatic heterocycles. The molecule has 0 atom stereocenters. The molecule has 0 aliphatic rings. The SMILES string of the molecule is Nc1ccc(Sc2ncccc2Cl)c2cnccc12. The molecule has 2 heterocycles. The van der Waals surface area contributed by atoms with E-state index in [2.05, 4.69) is 9.97 Å². The molecule has 2 aromatic heterocycles. The maximum atomic E-state index is 6.13. The molecule has 0 saturated carbocycles. The standard InChI is InChI=1S/C14H10ClN3S/c15-11-2-1-6-18-14(11)19-13-4-3-12(16)9-5-7-17-8-10(9)13/h1-8H,16H2. The highest BCUT2D eigenvalue weighted by atomic mass is 35.5. The van der Waals surface area contributed by atoms with Crippen LogP contribution in [0.25, 0.3) is 10.8 Å². The maximum absolute atomic E-state index is 6.13. The lowest BCUT2D eigenvalue weighted by molar-refractivity contribution is 1.13. The Balaban J connectivity index is 2.12. The zero-order chi connectivity index (χ0) is 13.2. The van der Waals surface area contributed by atoms with Crippen molar-refractivity contribution in [3.63, 3.8) is 0 Å². The van der Waals surface area contributed by atoms with Crippen molar-refractivity contribution in [2.75, 3.05) is 5.73 Å². The summed E-state index contributed by atoms with van der Waals surface area (Å²) in [6.45, 7) is 0. The van der Waals surface area contributed by atoms with Gasteiger partial charge in [-0.25, -0.2) is 4.98 Å². The highest BCUT2D eigenvalue weighted by Crippen LogP contribution is 2.36. The number of nitrogen functional groups attached to an aromatic ring is 1. The Morgan fingerprint density at radius 2 is 1.95 bits per heavy atom. The molecule has 2 N–H and O–H groups in total. The molecule has 0 unspecified atom stereocenters. The number of benzene rings is 1. The first-order chi connectivity index (χ1) is 9.25. The summed E-state index contributed by atoms with van der Waals surface area (Å²) in [6, 6.07) is 9.41. The minimum Gasteiger partial charge on any atom is -0.398 e. The van der Waals surface area contributed by atoms with Crippen LogP contribution in [0, 0.1) is 0 Å². The number of aromatic nitrogens is 2. The van der Waals surface area contributed by atoms with Gasteiger partial charge in [0.15, 0.2) is 0 Å². The zero-order valence-electron chi connectivity index (χ0n) is 9.88. The van der Waals surface area contributed by atoms with Crippen LogP contribution in [0.2, 0.25) is 5.02 Å². The van der Waals surface area contributed by atoms with Crippen LogP contribution in [0.3, 0.4) is 0 Å². The molecule has 0 bridgehead atoms. The average Bonchev–Trinajstić information content (AvgIpc) is 2.44. The van der Waals surface area contributed by atoms with E-state index in [1.165, 1.54) is 11.8 Å². The highest BCUT2D eigenvalue weighted by Gasteiger charge is 2.08. The molecule has 19 heavy (non-hydrogen) atoms. The number of anilines is 1. The smallest absolute Gasteiger partial charge is 0.119 e. The van der Waals surface area contributed by atoms with Gasteiger partial charge in [-0.05, 0) is 30.3 Å². The van der Waals surface area contributed by atoms with Crippen LogP contribution in [0.15, 0.2) is 58.8 Å². The average molecular weight is 288 g/mol. The number of fused-ring (bicyclic) bond motifs is 1. The molecule has 3 nitrogen and oxygen atoms in total. The normalized spacial score (nSPS) is 10.8. The summed E-state index contributed by atoms with van der Waals surface area (Å²) in [5, 5.41) is 3.42. The van der Waals surface area contributed by atoms with E-state index in [0.717, 1.165) is 26.4 Å². The first kappa shape index (κ1) is 12.3. The molecular formula is C14H10ClN3S. The molecule has 0 radical (unpaired) electrons. The number of halogens is 1. The van der Waals surface area contributed by atoms with Gasteiger partial charge in [-0.3, -0.25) is 4.98 Å². The molecule has 0 spiro atoms. The van der Waals surface area contributed by atoms with Crippen molar-refractivity contribution in [3.05, 3.63) is 53.9 Å². The summed E-state index contributed by atoms with van der Waals surface area (Å²) in [5.41, 5.74) is 6.71. The van der Waals surface area contributed by atoms with Crippen LogP contribution >= 0.6 is 23.4 Å². The minimum atomic E-state index is 0.640. The minimum absolute atomic E-state index is 0.640. The van der Waals surface area contributed by atoms with Crippen LogP contribution in [0.4, 0.5) is 5.69 Å². The summed E-state index contributed by atoms with van der Waals surface area (Å²) < 4.78 is 0. The fourth-order valence-corrected chi connectivity index (χ4v) is 2.96. The van der Waals surface area contributed by atoms with Crippen molar-refractivity contribution in [3.8, 4) is 0 Å². The van der Waals surface area contributed by atoms with Crippen LogP contribution < -0.4 is 5.73 Å². The monoisotopic (exact) mass is 287 g/mol. The van der Waals surface area contributed by atoms with Gasteiger partial charge in [0.25, 0.3) is 0 Å². The number of nitrogens with two attached hydrogens (primary N) is 1. The fraction of sp³-hybridized carbons (Fsp3) is 0. The lowest BCUT2D eigenvalue weighted by Gasteiger charge is -2.08. The van der Waals surface area contributed by atoms with E-state index in [0.29, 0.717) is 5.02 Å². The number of hydrogen-bond acceptors (Lipinski definition) is 4. The largest absolute Gasteiger partial charge is 0.398 e. The van der Waals surface area contributed by atoms with Gasteiger partial charge in [0.05, 0.1) is 5.02 Å². The third-order valence-electron chi connectivity index (χ3n) is 2.74. The Bertz CT molecular complexity index is 746. The predicted octanol–water partition coefficient (Wildman–Crippen LogP) is 4.02. The summed E-state index contributed by atoms with van der Waals surface area (Å²) in [7, 11) is 0. The molecule has 0 aliphatic carbocycles. The maximum Gasteiger partial charge on any atom is 0.119 e. The highest BCUT2D eigenvalue weighted by molar-refractivity contribution is 7.99. The van der Waals surface area contributed by atoms with Crippen molar-refractivity contribution in [1.82, 2.24) is 9.97 Å². The van der Waals surface area contributed by atoms with Gasteiger partial charge in [-0.2, -0.15) is 0 Å². The number of rotatable bonds is 2. The third-order valence-corrected chi connectivity index (χ3v) is 4.25. The quantitative estimate of drug-likeness (QED) is 0.723. The van der Waals surface area contributed by atoms with Crippen molar-refractivity contribution >= 4 is 39.8 Å². The molecule has 3 rings (SSSR count). The summed E-state index contributed by atoms with van der Waals surface area (Å²) in [6.07, 6.45) is 5.28. The van der Waals surface area contributed by atoms with Gasteiger partial charge in [-0.1, -0.05) is 23.4 Å². The van der Waals surface area contributed by atoms with Crippen LogP contribution in [-0.4, -0.2) is 9.97 Å². The van der Waals surface area contributed by atoms with E-state index in [-0.39, 0.29) is 0 Å². The fourth-order valence-electron chi connectivity index (χ4n) is 1.83. The third kappa shape index (κ3) is 2.37. The van der Waals surface area contributed by atoms with Gasteiger partial charge in [0.1, 0.15) is 5.03 Å². The van der Waals surface area contributed by atoms with E-state index in [9.17, 15) is 0 Å². The van der Waals surface area contributed by atoms with Gasteiger partial charge < -0.3 is 5.73 Å². The first-order valence-corrected chi connectivity index (χ1v) is 6.86. The molecule has 5 heteroatoms. The summed E-state index contributed by atoms with van der Waals surface area (Å²) in [5.74, 6) is 0. The van der Waals surface area contributed by atoms with Gasteiger partial charge in [-0.15, -0.1) is 0 Å². The van der Waals surface area contributed by atoms with Crippen molar-refractivity contribution < 1.29 is 0 Å². The van der Waals surface area contributed by atoms with Gasteiger partial charge in [0.2, 0.25) is 0 Å². The van der Waals surface area contributed by atoms with E-state index in [1.54, 1.807) is 12.4 Å². The number of nitrogens with zero attached hydrogens (tertiary/aromatic N) is 2. The van der Waals surface area contributed by atoms with Crippen molar-refractivity contribution in [2.24, 2.45) is 0 Å². The second-order valence-corrected chi connectivity index (χ2v) is 5.40. The molecule has 0 saturated heterocycles. The molecule has 0 amide bonds. The van der Waals surface area contributed by atoms with E-state index < -0.39 is 0 Å². The summed E-state index contributed by atoms with van der Waals surface area (Å²) in [4.78, 5) is 9.48. The van der Waals surface area contributed by atoms with Crippen LogP contribution in [-0.2, 0) is 0 Å². The second kappa shape index (κ2) is 5.07. The second-order valence-electron chi connectivity index (χ2n) is 3.97. The lowest BCUT2D eigenvalue weighted by atomic mass is 10.1. The van der Waals surface area contributed by atoms with E-state index >= 15 is 0 Å². The summed E-state index contributed by atoms with van der Waals surface area (Å²) >= 11 is 7.65. The van der Waals surface area contributed by atoms with Crippen LogP contribution in [0.5, 0.6) is 0 Å². The topological polar surface area (TPSA) is 51.8 Å². The Hall–Kier alpha value is -1.78. The van der Waals surface area contributed by atoms with Crippen LogP contribution in [0.1, 0.15) is 0 Å². The number of hydrogen-bond donors (Lipinski definition) is 1. The Kier molecular flexibility index (Phi) is 3.27. The molecule has 1 aromatic carbocycles. The molecule has 94 valence electrons. The zero-order valence-corrected chi connectivity index (χ0v) is 11.4. The Morgan fingerprint density at radius 1 is 1.05 bits per heavy atom. The van der Waals surface area contributed by atoms with Gasteiger partial charge >= 0.3 is 0 Å². The number of pyridine rings is 2. The van der Waals surface area contributed by atoms with Gasteiger partial charge in [0, 0.05) is 39.9 Å². The Morgan fingerprint density at radius 3 is 2.79 bits per heavy atom. The molecular weight excluding hydrogens is 278 g/mol. The van der Waals surface area contributed by atoms with Crippen molar-refractivity contribution in [1.29, 1.82) is 0 Å².